The van der Waals surface area contributed by atoms with Gasteiger partial charge in [-0.3, -0.25) is 0 Å². The van der Waals surface area contributed by atoms with Crippen LogP contribution in [0.4, 0.5) is 5.13 Å². The SMILES string of the molecule is CC(C)=O.Nc1nccs1. The summed E-state index contributed by atoms with van der Waals surface area (Å²) in [5.74, 6) is 0.167. The number of nitrogens with zero attached hydrogens (tertiary/aromatic N) is 1. The molecule has 0 atom stereocenters. The van der Waals surface area contributed by atoms with Crippen molar-refractivity contribution in [2.75, 3.05) is 5.73 Å². The second kappa shape index (κ2) is 4.93. The number of carbonyl (C=O) groups is 1. The van der Waals surface area contributed by atoms with Gasteiger partial charge in [0.15, 0.2) is 5.13 Å². The molecule has 3 nitrogen and oxygen atoms in total. The molecular formula is C6H10N2OS. The first-order valence-electron chi connectivity index (χ1n) is 2.75. The fourth-order valence-corrected chi connectivity index (χ4v) is 0.617. The smallest absolute Gasteiger partial charge is 0.179 e. The molecule has 0 spiro atoms. The number of nitrogen functional groups attached to an aromatic ring is 1. The van der Waals surface area contributed by atoms with Gasteiger partial charge in [-0.15, -0.1) is 11.3 Å². The average Bonchev–Trinajstić information content (AvgIpc) is 2.15. The summed E-state index contributed by atoms with van der Waals surface area (Å²) < 4.78 is 0. The van der Waals surface area contributed by atoms with E-state index in [4.69, 9.17) is 5.73 Å². The highest BCUT2D eigenvalue weighted by molar-refractivity contribution is 7.13. The molecule has 0 saturated carbocycles. The van der Waals surface area contributed by atoms with E-state index in [0.29, 0.717) is 5.13 Å². The zero-order valence-corrected chi connectivity index (χ0v) is 6.81. The summed E-state index contributed by atoms with van der Waals surface area (Å²) in [5, 5.41) is 2.48. The number of hydrogen-bond donors (Lipinski definition) is 1. The van der Waals surface area contributed by atoms with Crippen LogP contribution in [0.25, 0.3) is 0 Å². The highest BCUT2D eigenvalue weighted by Gasteiger charge is 1.76. The van der Waals surface area contributed by atoms with Crippen molar-refractivity contribution < 1.29 is 4.79 Å². The van der Waals surface area contributed by atoms with Crippen LogP contribution in [0.2, 0.25) is 0 Å². The number of hydrogen-bond acceptors (Lipinski definition) is 4. The summed E-state index contributed by atoms with van der Waals surface area (Å²) in [7, 11) is 0. The molecule has 10 heavy (non-hydrogen) atoms. The number of nitrogens with two attached hydrogens (primary N) is 1. The van der Waals surface area contributed by atoms with Gasteiger partial charge in [0, 0.05) is 11.6 Å². The van der Waals surface area contributed by atoms with Gasteiger partial charge in [-0.25, -0.2) is 4.98 Å². The van der Waals surface area contributed by atoms with Crippen LogP contribution >= 0.6 is 11.3 Å². The molecule has 56 valence electrons. The Morgan fingerprint density at radius 1 is 1.70 bits per heavy atom. The number of Topliss-reactive ketones (excluding diaryl/α,β-unsaturated/α-hetero) is 1. The average molecular weight is 158 g/mol. The summed E-state index contributed by atoms with van der Waals surface area (Å²) in [6.45, 7) is 3.06. The Kier molecular flexibility index (Phi) is 4.49. The van der Waals surface area contributed by atoms with Crippen LogP contribution < -0.4 is 5.73 Å². The van der Waals surface area contributed by atoms with Gasteiger partial charge in [0.25, 0.3) is 0 Å². The fraction of sp³-hybridized carbons (Fsp3) is 0.333. The number of carbonyl (C=O) groups excluding carboxylic acids is 1. The Labute approximate surface area is 63.9 Å². The topological polar surface area (TPSA) is 56.0 Å². The van der Waals surface area contributed by atoms with Crippen LogP contribution in [0.5, 0.6) is 0 Å². The van der Waals surface area contributed by atoms with E-state index in [0.717, 1.165) is 0 Å². The van der Waals surface area contributed by atoms with Gasteiger partial charge in [-0.05, 0) is 13.8 Å². The van der Waals surface area contributed by atoms with E-state index in [2.05, 4.69) is 4.98 Å². The quantitative estimate of drug-likeness (QED) is 0.619. The lowest BCUT2D eigenvalue weighted by atomic mass is 10.6. The minimum Gasteiger partial charge on any atom is -0.375 e. The van der Waals surface area contributed by atoms with Crippen LogP contribution in [-0.4, -0.2) is 10.8 Å². The van der Waals surface area contributed by atoms with E-state index < -0.39 is 0 Å². The highest BCUT2D eigenvalue weighted by Crippen LogP contribution is 2.02. The molecule has 0 unspecified atom stereocenters. The van der Waals surface area contributed by atoms with Crippen molar-refractivity contribution in [2.24, 2.45) is 0 Å². The predicted octanol–water partition coefficient (Wildman–Crippen LogP) is 1.32. The largest absolute Gasteiger partial charge is 0.375 e. The maximum Gasteiger partial charge on any atom is 0.179 e. The number of thiazole rings is 1. The van der Waals surface area contributed by atoms with Gasteiger partial charge in [0.2, 0.25) is 0 Å². The zero-order valence-electron chi connectivity index (χ0n) is 6.00. The third kappa shape index (κ3) is 7.10. The molecule has 0 radical (unpaired) electrons. The predicted molar refractivity (Wildman–Crippen MR) is 42.9 cm³/mol. The van der Waals surface area contributed by atoms with Gasteiger partial charge in [-0.2, -0.15) is 0 Å². The maximum absolute atomic E-state index is 9.44. The molecule has 0 aliphatic rings. The Bertz CT molecular complexity index is 180. The van der Waals surface area contributed by atoms with E-state index in [1.165, 1.54) is 25.2 Å². The molecule has 0 bridgehead atoms. The molecule has 0 fully saturated rings. The van der Waals surface area contributed by atoms with Crippen LogP contribution in [0.1, 0.15) is 13.8 Å². The van der Waals surface area contributed by atoms with Crippen molar-refractivity contribution >= 4 is 22.3 Å². The third-order valence-electron chi connectivity index (χ3n) is 0.451. The Morgan fingerprint density at radius 2 is 2.20 bits per heavy atom. The monoisotopic (exact) mass is 158 g/mol. The minimum atomic E-state index is 0.167. The molecule has 0 aromatic carbocycles. The van der Waals surface area contributed by atoms with Crippen molar-refractivity contribution in [3.05, 3.63) is 11.6 Å². The standard InChI is InChI=1S/C3H4N2S.C3H6O/c4-3-5-1-2-6-3;1-3(2)4/h1-2H,(H2,4,5);1-2H3. The fourth-order valence-electron chi connectivity index (χ4n) is 0.234. The summed E-state index contributed by atoms with van der Waals surface area (Å²) >= 11 is 1.44. The normalized spacial score (nSPS) is 7.80. The molecule has 4 heteroatoms. The first-order valence-corrected chi connectivity index (χ1v) is 3.63. The van der Waals surface area contributed by atoms with Crippen LogP contribution in [0, 0.1) is 0 Å². The molecule has 1 heterocycles. The zero-order chi connectivity index (χ0) is 7.98. The van der Waals surface area contributed by atoms with Crippen molar-refractivity contribution in [1.29, 1.82) is 0 Å². The van der Waals surface area contributed by atoms with Crippen LogP contribution in [0.15, 0.2) is 11.6 Å². The summed E-state index contributed by atoms with van der Waals surface area (Å²) in [5.41, 5.74) is 5.19. The van der Waals surface area contributed by atoms with E-state index in [1.807, 2.05) is 5.38 Å². The van der Waals surface area contributed by atoms with Gasteiger partial charge >= 0.3 is 0 Å². The first kappa shape index (κ1) is 9.10. The van der Waals surface area contributed by atoms with E-state index in [-0.39, 0.29) is 5.78 Å². The summed E-state index contributed by atoms with van der Waals surface area (Å²) in [6.07, 6.45) is 1.68. The third-order valence-corrected chi connectivity index (χ3v) is 1.06. The number of aromatic nitrogens is 1. The van der Waals surface area contributed by atoms with Gasteiger partial charge in [-0.1, -0.05) is 0 Å². The van der Waals surface area contributed by atoms with Gasteiger partial charge in [0.05, 0.1) is 0 Å². The summed E-state index contributed by atoms with van der Waals surface area (Å²) in [4.78, 5) is 13.2. The molecule has 1 aromatic heterocycles. The van der Waals surface area contributed by atoms with Gasteiger partial charge in [0.1, 0.15) is 5.78 Å². The lowest BCUT2D eigenvalue weighted by molar-refractivity contribution is -0.114. The summed E-state index contributed by atoms with van der Waals surface area (Å²) in [6, 6.07) is 0. The lowest BCUT2D eigenvalue weighted by Crippen LogP contribution is -1.77. The second-order valence-electron chi connectivity index (χ2n) is 1.78. The molecular weight excluding hydrogens is 148 g/mol. The van der Waals surface area contributed by atoms with Crippen LogP contribution in [0.3, 0.4) is 0 Å². The van der Waals surface area contributed by atoms with E-state index in [9.17, 15) is 4.79 Å². The molecule has 1 aromatic rings. The Balaban J connectivity index is 0.000000180. The van der Waals surface area contributed by atoms with E-state index >= 15 is 0 Å². The molecule has 0 saturated heterocycles. The van der Waals surface area contributed by atoms with Crippen molar-refractivity contribution in [3.8, 4) is 0 Å². The molecule has 0 aliphatic carbocycles. The van der Waals surface area contributed by atoms with Crippen molar-refractivity contribution in [2.45, 2.75) is 13.8 Å². The lowest BCUT2D eigenvalue weighted by Gasteiger charge is -1.67. The van der Waals surface area contributed by atoms with Crippen LogP contribution in [-0.2, 0) is 4.79 Å². The maximum atomic E-state index is 9.44. The minimum absolute atomic E-state index is 0.167. The Hall–Kier alpha value is -0.900. The molecule has 1 rings (SSSR count). The molecule has 2 N–H and O–H groups in total. The molecule has 0 aliphatic heterocycles. The number of rotatable bonds is 0. The van der Waals surface area contributed by atoms with Crippen molar-refractivity contribution in [1.82, 2.24) is 4.98 Å². The first-order chi connectivity index (χ1) is 4.63. The van der Waals surface area contributed by atoms with E-state index in [1.54, 1.807) is 6.20 Å². The Morgan fingerprint density at radius 3 is 2.30 bits per heavy atom. The van der Waals surface area contributed by atoms with Gasteiger partial charge < -0.3 is 10.5 Å². The number of ketones is 1. The van der Waals surface area contributed by atoms with Crippen molar-refractivity contribution in [3.63, 3.8) is 0 Å². The molecule has 0 amide bonds. The highest BCUT2D eigenvalue weighted by atomic mass is 32.1. The number of anilines is 1. The second-order valence-corrected chi connectivity index (χ2v) is 2.70.